The first-order valence-electron chi connectivity index (χ1n) is 14.7. The van der Waals surface area contributed by atoms with Crippen LogP contribution in [0.2, 0.25) is 0 Å². The third kappa shape index (κ3) is 10.3. The first kappa shape index (κ1) is 32.3. The van der Waals surface area contributed by atoms with Gasteiger partial charge in [-0.3, -0.25) is 4.52 Å². The Morgan fingerprint density at radius 1 is 0.833 bits per heavy atom. The molecular formula is C29H43N2O10P. The molecule has 42 heavy (non-hydrogen) atoms. The quantitative estimate of drug-likeness (QED) is 0.128. The van der Waals surface area contributed by atoms with E-state index in [4.69, 9.17) is 32.5 Å². The molecule has 0 atom stereocenters. The van der Waals surface area contributed by atoms with Crippen molar-refractivity contribution in [2.24, 2.45) is 0 Å². The van der Waals surface area contributed by atoms with E-state index >= 15 is 0 Å². The number of ether oxygens (including phenoxy) is 4. The lowest BCUT2D eigenvalue weighted by atomic mass is 9.98. The molecule has 12 nitrogen and oxygen atoms in total. The number of hydrogen-bond donors (Lipinski definition) is 0. The monoisotopic (exact) mass is 610 g/mol. The molecule has 4 rings (SSSR count). The van der Waals surface area contributed by atoms with Crippen LogP contribution in [0.3, 0.4) is 0 Å². The standard InChI is InChI=1S/C29H43N2O10P/c1-30(2)18-17-23-19-31(27-16-10-9-15-26(23)27)20-37-42(34,38-21-35-28(32)40-24-11-5-3-6-12-24)39-22-36-29(33)41-25-13-7-4-8-14-25/h9-10,15-16,19,24-25H,3-8,11-14,17-18,20-22H2,1-2H3. The maximum atomic E-state index is 13.5. The summed E-state index contributed by atoms with van der Waals surface area (Å²) in [5.74, 6) is 0. The van der Waals surface area contributed by atoms with Crippen LogP contribution < -0.4 is 0 Å². The van der Waals surface area contributed by atoms with Crippen LogP contribution in [0.4, 0.5) is 9.59 Å². The summed E-state index contributed by atoms with van der Waals surface area (Å²) in [6.45, 7) is -0.827. The smallest absolute Gasteiger partial charge is 0.431 e. The third-order valence-corrected chi connectivity index (χ3v) is 8.73. The molecule has 2 aliphatic carbocycles. The van der Waals surface area contributed by atoms with Gasteiger partial charge < -0.3 is 28.4 Å². The predicted octanol–water partition coefficient (Wildman–Crippen LogP) is 6.75. The molecule has 0 unspecified atom stereocenters. The first-order valence-corrected chi connectivity index (χ1v) is 16.2. The molecule has 0 bridgehead atoms. The van der Waals surface area contributed by atoms with E-state index in [0.717, 1.165) is 93.6 Å². The van der Waals surface area contributed by atoms with Gasteiger partial charge in [-0.1, -0.05) is 31.0 Å². The number of likely N-dealkylation sites (N-methyl/N-ethyl adjacent to an activating group) is 1. The van der Waals surface area contributed by atoms with Crippen LogP contribution in [0.25, 0.3) is 10.9 Å². The Kier molecular flexibility index (Phi) is 12.5. The Morgan fingerprint density at radius 3 is 1.93 bits per heavy atom. The van der Waals surface area contributed by atoms with Crippen molar-refractivity contribution in [2.75, 3.05) is 34.2 Å². The van der Waals surface area contributed by atoms with Gasteiger partial charge in [0.05, 0.1) is 5.52 Å². The van der Waals surface area contributed by atoms with Crippen LogP contribution in [-0.2, 0) is 50.2 Å². The Morgan fingerprint density at radius 2 is 1.38 bits per heavy atom. The van der Waals surface area contributed by atoms with E-state index < -0.39 is 33.7 Å². The fourth-order valence-electron chi connectivity index (χ4n) is 5.20. The molecule has 13 heteroatoms. The summed E-state index contributed by atoms with van der Waals surface area (Å²) in [7, 11) is -0.363. The minimum atomic E-state index is -4.38. The molecule has 0 radical (unpaired) electrons. The molecule has 2 aliphatic rings. The molecule has 0 spiro atoms. The van der Waals surface area contributed by atoms with Gasteiger partial charge in [0.15, 0.2) is 0 Å². The Hall–Kier alpha value is -2.63. The molecule has 2 saturated carbocycles. The summed E-state index contributed by atoms with van der Waals surface area (Å²) in [4.78, 5) is 26.4. The van der Waals surface area contributed by atoms with Gasteiger partial charge in [0.1, 0.15) is 18.9 Å². The van der Waals surface area contributed by atoms with Crippen molar-refractivity contribution in [3.8, 4) is 0 Å². The Labute approximate surface area is 247 Å². The van der Waals surface area contributed by atoms with Crippen molar-refractivity contribution < 1.29 is 46.7 Å². The topological polar surface area (TPSA) is 124 Å². The summed E-state index contributed by atoms with van der Waals surface area (Å²) in [6, 6.07) is 7.80. The average molecular weight is 611 g/mol. The van der Waals surface area contributed by atoms with Crippen LogP contribution in [0.15, 0.2) is 30.5 Å². The minimum Gasteiger partial charge on any atom is -0.431 e. The maximum absolute atomic E-state index is 13.5. The number of para-hydroxylation sites is 1. The van der Waals surface area contributed by atoms with Crippen LogP contribution in [0.1, 0.15) is 69.8 Å². The Bertz CT molecular complexity index is 1150. The summed E-state index contributed by atoms with van der Waals surface area (Å²) in [5, 5.41) is 1.04. The number of carbonyl (C=O) groups is 2. The van der Waals surface area contributed by atoms with Crippen LogP contribution in [-0.4, -0.2) is 68.2 Å². The lowest BCUT2D eigenvalue weighted by molar-refractivity contribution is -0.0560. The van der Waals surface area contributed by atoms with Gasteiger partial charge in [-0.15, -0.1) is 0 Å². The van der Waals surface area contributed by atoms with E-state index in [1.807, 2.05) is 44.6 Å². The summed E-state index contributed by atoms with van der Waals surface area (Å²) in [5.41, 5.74) is 1.97. The summed E-state index contributed by atoms with van der Waals surface area (Å²) >= 11 is 0. The largest absolute Gasteiger partial charge is 0.510 e. The Balaban J connectivity index is 1.35. The summed E-state index contributed by atoms with van der Waals surface area (Å²) < 4.78 is 52.1. The fraction of sp³-hybridized carbons (Fsp3) is 0.655. The van der Waals surface area contributed by atoms with E-state index in [1.165, 1.54) is 0 Å². The molecule has 1 aromatic heterocycles. The van der Waals surface area contributed by atoms with Crippen molar-refractivity contribution in [1.82, 2.24) is 9.47 Å². The maximum Gasteiger partial charge on any atom is 0.510 e. The van der Waals surface area contributed by atoms with E-state index in [2.05, 4.69) is 4.90 Å². The van der Waals surface area contributed by atoms with Gasteiger partial charge in [-0.05, 0) is 83.5 Å². The highest BCUT2D eigenvalue weighted by Crippen LogP contribution is 2.50. The molecule has 234 valence electrons. The highest BCUT2D eigenvalue weighted by molar-refractivity contribution is 7.48. The fourth-order valence-corrected chi connectivity index (χ4v) is 6.05. The summed E-state index contributed by atoms with van der Waals surface area (Å²) in [6.07, 6.45) is 9.71. The number of carbonyl (C=O) groups excluding carboxylic acids is 2. The number of phosphoric ester groups is 1. The molecule has 1 heterocycles. The average Bonchev–Trinajstić information content (AvgIpc) is 3.34. The van der Waals surface area contributed by atoms with Crippen LogP contribution in [0.5, 0.6) is 0 Å². The number of fused-ring (bicyclic) bond motifs is 1. The minimum absolute atomic E-state index is 0.196. The number of phosphoric acid groups is 1. The van der Waals surface area contributed by atoms with Crippen molar-refractivity contribution in [2.45, 2.75) is 89.6 Å². The van der Waals surface area contributed by atoms with Crippen LogP contribution >= 0.6 is 7.82 Å². The van der Waals surface area contributed by atoms with Crippen molar-refractivity contribution >= 4 is 31.0 Å². The second-order valence-corrected chi connectivity index (χ2v) is 12.6. The van der Waals surface area contributed by atoms with E-state index in [9.17, 15) is 14.2 Å². The zero-order valence-corrected chi connectivity index (χ0v) is 25.5. The third-order valence-electron chi connectivity index (χ3n) is 7.46. The van der Waals surface area contributed by atoms with Gasteiger partial charge >= 0.3 is 20.1 Å². The van der Waals surface area contributed by atoms with Gasteiger partial charge in [0, 0.05) is 18.1 Å². The first-order chi connectivity index (χ1) is 20.3. The number of hydrogen-bond acceptors (Lipinski definition) is 11. The van der Waals surface area contributed by atoms with E-state index in [0.29, 0.717) is 0 Å². The number of nitrogens with zero attached hydrogens (tertiary/aromatic N) is 2. The lowest BCUT2D eigenvalue weighted by Crippen LogP contribution is -2.22. The molecular weight excluding hydrogens is 567 g/mol. The van der Waals surface area contributed by atoms with Crippen molar-refractivity contribution in [3.05, 3.63) is 36.0 Å². The normalized spacial score (nSPS) is 16.9. The zero-order valence-electron chi connectivity index (χ0n) is 24.6. The van der Waals surface area contributed by atoms with Gasteiger partial charge in [-0.25, -0.2) is 23.2 Å². The zero-order chi connectivity index (χ0) is 29.8. The van der Waals surface area contributed by atoms with E-state index in [-0.39, 0.29) is 18.9 Å². The predicted molar refractivity (Wildman–Crippen MR) is 154 cm³/mol. The van der Waals surface area contributed by atoms with Crippen LogP contribution in [0, 0.1) is 0 Å². The van der Waals surface area contributed by atoms with E-state index in [1.54, 1.807) is 4.57 Å². The highest BCUT2D eigenvalue weighted by Gasteiger charge is 2.30. The van der Waals surface area contributed by atoms with Gasteiger partial charge in [0.2, 0.25) is 13.6 Å². The molecule has 2 aromatic rings. The molecule has 0 aliphatic heterocycles. The second kappa shape index (κ2) is 16.3. The molecule has 2 fully saturated rings. The number of rotatable bonds is 14. The number of aromatic nitrogens is 1. The highest BCUT2D eigenvalue weighted by atomic mass is 31.2. The van der Waals surface area contributed by atoms with Crippen molar-refractivity contribution in [1.29, 1.82) is 0 Å². The second-order valence-electron chi connectivity index (χ2n) is 10.9. The number of benzene rings is 1. The van der Waals surface area contributed by atoms with Gasteiger partial charge in [-0.2, -0.15) is 0 Å². The molecule has 0 N–H and O–H groups in total. The lowest BCUT2D eigenvalue weighted by Gasteiger charge is -2.22. The molecule has 0 amide bonds. The van der Waals surface area contributed by atoms with Crippen molar-refractivity contribution in [3.63, 3.8) is 0 Å². The van der Waals surface area contributed by atoms with Gasteiger partial charge in [0.25, 0.3) is 0 Å². The SMILES string of the molecule is CN(C)CCc1cn(COP(=O)(OCOC(=O)OC2CCCCC2)OCOC(=O)OC2CCCCC2)c2ccccc12. The molecule has 1 aromatic carbocycles. The molecule has 0 saturated heterocycles.